The van der Waals surface area contributed by atoms with Gasteiger partial charge in [-0.3, -0.25) is 0 Å². The zero-order valence-electron chi connectivity index (χ0n) is 33.4. The minimum Gasteiger partial charge on any atom is -0.488 e. The molecule has 1 aliphatic carbocycles. The van der Waals surface area contributed by atoms with E-state index in [9.17, 15) is 5.11 Å². The highest BCUT2D eigenvalue weighted by molar-refractivity contribution is 7.19. The van der Waals surface area contributed by atoms with Crippen LogP contribution in [0.1, 0.15) is 63.1 Å². The monoisotopic (exact) mass is 802 g/mol. The molecule has 0 bridgehead atoms. The van der Waals surface area contributed by atoms with E-state index >= 15 is 0 Å². The van der Waals surface area contributed by atoms with Gasteiger partial charge in [0.2, 0.25) is 5.79 Å². The highest BCUT2D eigenvalue weighted by Crippen LogP contribution is 2.58. The number of aliphatic hydroxyl groups is 1. The van der Waals surface area contributed by atoms with Gasteiger partial charge in [0.05, 0.1) is 44.2 Å². The second-order valence-corrected chi connectivity index (χ2v) is 17.0. The normalized spacial score (nSPS) is 21.0. The van der Waals surface area contributed by atoms with E-state index in [2.05, 4.69) is 61.5 Å². The van der Waals surface area contributed by atoms with E-state index in [0.29, 0.717) is 37.6 Å². The van der Waals surface area contributed by atoms with Crippen LogP contribution in [0.2, 0.25) is 0 Å². The van der Waals surface area contributed by atoms with Gasteiger partial charge in [-0.25, -0.2) is 0 Å². The van der Waals surface area contributed by atoms with E-state index in [1.54, 1.807) is 0 Å². The Labute approximate surface area is 350 Å². The lowest BCUT2D eigenvalue weighted by molar-refractivity contribution is -0.352. The average Bonchev–Trinajstić information content (AvgIpc) is 3.96. The van der Waals surface area contributed by atoms with Crippen LogP contribution in [-0.2, 0) is 56.6 Å². The van der Waals surface area contributed by atoms with Gasteiger partial charge in [-0.05, 0) is 82.8 Å². The summed E-state index contributed by atoms with van der Waals surface area (Å²) in [5.74, 6) is -1.44. The van der Waals surface area contributed by atoms with Crippen LogP contribution in [-0.4, -0.2) is 30.0 Å². The third kappa shape index (κ3) is 8.78. The number of fused-ring (bicyclic) bond motifs is 1. The first kappa shape index (κ1) is 39.3. The highest BCUT2D eigenvalue weighted by Gasteiger charge is 2.55. The smallest absolute Gasteiger partial charge is 0.226 e. The molecule has 1 aliphatic heterocycles. The maximum atomic E-state index is 13.6. The number of rotatable bonds is 16. The van der Waals surface area contributed by atoms with Crippen LogP contribution < -0.4 is 4.74 Å². The van der Waals surface area contributed by atoms with Crippen molar-refractivity contribution in [1.82, 2.24) is 0 Å². The lowest BCUT2D eigenvalue weighted by atomic mass is 9.83. The Morgan fingerprint density at radius 1 is 0.627 bits per heavy atom. The van der Waals surface area contributed by atoms with E-state index in [0.717, 1.165) is 46.2 Å². The van der Waals surface area contributed by atoms with Crippen molar-refractivity contribution in [2.24, 2.45) is 0 Å². The quantitative estimate of drug-likeness (QED) is 0.105. The Hall–Kier alpha value is -5.12. The predicted molar refractivity (Wildman–Crippen MR) is 233 cm³/mol. The van der Waals surface area contributed by atoms with Crippen molar-refractivity contribution < 1.29 is 28.8 Å². The second kappa shape index (κ2) is 17.6. The van der Waals surface area contributed by atoms with Crippen molar-refractivity contribution in [3.05, 3.63) is 208 Å². The van der Waals surface area contributed by atoms with E-state index in [-0.39, 0.29) is 18.6 Å². The molecule has 9 rings (SSSR count). The lowest BCUT2D eigenvalue weighted by Crippen LogP contribution is -2.58. The standard InChI is InChI=1S/C52H50O6S/c1-37-28-46(55-33-39-18-8-3-9-19-39)45(31-44(37)51(26-27-51)49-29-42-24-14-15-25-48(42)59-49)52(53)50(57-35-41-22-12-5-13-23-41)47(56-34-40-20-10-4-11-21-40)30-43(58-52)36-54-32-38-16-6-2-7-17-38/h2-25,28-29,31,43,47,50,53H,26-27,30,32-36H2,1H3. The summed E-state index contributed by atoms with van der Waals surface area (Å²) >= 11 is 1.86. The molecule has 1 aromatic heterocycles. The number of aryl methyl sites for hydroxylation is 1. The summed E-state index contributed by atoms with van der Waals surface area (Å²) in [4.78, 5) is 1.33. The number of ether oxygens (including phenoxy) is 5. The first-order valence-corrected chi connectivity index (χ1v) is 21.4. The maximum absolute atomic E-state index is 13.6. The van der Waals surface area contributed by atoms with E-state index in [4.69, 9.17) is 23.7 Å². The number of hydrogen-bond acceptors (Lipinski definition) is 7. The Kier molecular flexibility index (Phi) is 11.7. The molecule has 1 saturated carbocycles. The fraction of sp³-hybridized carbons (Fsp3) is 0.269. The summed E-state index contributed by atoms with van der Waals surface area (Å²) in [5, 5.41) is 14.9. The first-order chi connectivity index (χ1) is 29.0. The summed E-state index contributed by atoms with van der Waals surface area (Å²) in [6.45, 7) is 3.73. The topological polar surface area (TPSA) is 66.4 Å². The third-order valence-corrected chi connectivity index (χ3v) is 13.0. The summed E-state index contributed by atoms with van der Waals surface area (Å²) in [6, 6.07) is 55.6. The summed E-state index contributed by atoms with van der Waals surface area (Å²) in [7, 11) is 0. The molecule has 0 radical (unpaired) electrons. The Bertz CT molecular complexity index is 2400. The molecule has 7 heteroatoms. The van der Waals surface area contributed by atoms with Crippen LogP contribution in [0.3, 0.4) is 0 Å². The fourth-order valence-corrected chi connectivity index (χ4v) is 9.77. The van der Waals surface area contributed by atoms with Gasteiger partial charge in [0.1, 0.15) is 18.5 Å². The van der Waals surface area contributed by atoms with Gasteiger partial charge in [0.25, 0.3) is 0 Å². The minimum absolute atomic E-state index is 0.187. The Morgan fingerprint density at radius 3 is 1.80 bits per heavy atom. The molecule has 0 amide bonds. The van der Waals surface area contributed by atoms with E-state index < -0.39 is 24.1 Å². The van der Waals surface area contributed by atoms with Gasteiger partial charge in [-0.2, -0.15) is 0 Å². The lowest BCUT2D eigenvalue weighted by Gasteiger charge is -2.47. The zero-order valence-corrected chi connectivity index (χ0v) is 34.2. The van der Waals surface area contributed by atoms with Crippen molar-refractivity contribution in [2.75, 3.05) is 6.61 Å². The van der Waals surface area contributed by atoms with E-state index in [1.807, 2.05) is 121 Å². The van der Waals surface area contributed by atoms with Gasteiger partial charge in [-0.1, -0.05) is 140 Å². The van der Waals surface area contributed by atoms with Crippen molar-refractivity contribution in [1.29, 1.82) is 0 Å². The van der Waals surface area contributed by atoms with Gasteiger partial charge >= 0.3 is 0 Å². The predicted octanol–water partition coefficient (Wildman–Crippen LogP) is 11.2. The summed E-state index contributed by atoms with van der Waals surface area (Å²) in [5.41, 5.74) is 6.71. The van der Waals surface area contributed by atoms with Crippen LogP contribution in [0.25, 0.3) is 10.1 Å². The van der Waals surface area contributed by atoms with Crippen LogP contribution in [0.4, 0.5) is 0 Å². The molecule has 7 aromatic rings. The number of benzene rings is 6. The van der Waals surface area contributed by atoms with Gasteiger partial charge < -0.3 is 28.8 Å². The zero-order chi connectivity index (χ0) is 40.1. The molecule has 6 aromatic carbocycles. The van der Waals surface area contributed by atoms with Crippen molar-refractivity contribution in [3.8, 4) is 5.75 Å². The molecular formula is C52H50O6S. The molecule has 2 fully saturated rings. The molecule has 2 aliphatic rings. The Balaban J connectivity index is 1.14. The average molecular weight is 803 g/mol. The number of thiophene rings is 1. The number of hydrogen-bond donors (Lipinski definition) is 1. The van der Waals surface area contributed by atoms with Gasteiger partial charge in [0.15, 0.2) is 0 Å². The second-order valence-electron chi connectivity index (χ2n) is 15.9. The van der Waals surface area contributed by atoms with Crippen LogP contribution in [0.15, 0.2) is 164 Å². The van der Waals surface area contributed by atoms with Crippen LogP contribution >= 0.6 is 11.3 Å². The molecule has 59 heavy (non-hydrogen) atoms. The van der Waals surface area contributed by atoms with Crippen molar-refractivity contribution >= 4 is 21.4 Å². The summed E-state index contributed by atoms with van der Waals surface area (Å²) < 4.78 is 35.1. The molecule has 2 heterocycles. The molecule has 1 N–H and O–H groups in total. The molecule has 4 atom stereocenters. The van der Waals surface area contributed by atoms with Crippen LogP contribution in [0, 0.1) is 6.92 Å². The molecule has 6 nitrogen and oxygen atoms in total. The third-order valence-electron chi connectivity index (χ3n) is 11.7. The van der Waals surface area contributed by atoms with Crippen molar-refractivity contribution in [2.45, 2.75) is 82.1 Å². The van der Waals surface area contributed by atoms with Gasteiger partial charge in [-0.15, -0.1) is 11.3 Å². The largest absolute Gasteiger partial charge is 0.488 e. The minimum atomic E-state index is -1.99. The molecular weight excluding hydrogens is 753 g/mol. The van der Waals surface area contributed by atoms with E-state index in [1.165, 1.54) is 15.0 Å². The van der Waals surface area contributed by atoms with Gasteiger partial charge in [0, 0.05) is 21.4 Å². The van der Waals surface area contributed by atoms with Crippen LogP contribution in [0.5, 0.6) is 5.75 Å². The highest BCUT2D eigenvalue weighted by atomic mass is 32.1. The maximum Gasteiger partial charge on any atom is 0.226 e. The SMILES string of the molecule is Cc1cc(OCc2ccccc2)c(C2(O)OC(COCc3ccccc3)CC(OCc3ccccc3)C2OCc2ccccc2)cc1C1(c2cc3ccccc3s2)CC1. The molecule has 300 valence electrons. The Morgan fingerprint density at radius 2 is 1.19 bits per heavy atom. The summed E-state index contributed by atoms with van der Waals surface area (Å²) in [6.07, 6.45) is 0.462. The first-order valence-electron chi connectivity index (χ1n) is 20.6. The molecule has 0 spiro atoms. The van der Waals surface area contributed by atoms with Crippen molar-refractivity contribution in [3.63, 3.8) is 0 Å². The molecule has 1 saturated heterocycles. The fourth-order valence-electron chi connectivity index (χ4n) is 8.44. The molecule has 4 unspecified atom stereocenters.